The van der Waals surface area contributed by atoms with E-state index in [2.05, 4.69) is 30.1 Å². The molecular weight excluding hydrogens is 236 g/mol. The average molecular weight is 246 g/mol. The molecule has 0 atom stereocenters. The number of nitrogens with zero attached hydrogens (tertiary/aromatic N) is 1. The van der Waals surface area contributed by atoms with Crippen LogP contribution in [-0.2, 0) is 6.42 Å². The van der Waals surface area contributed by atoms with E-state index in [9.17, 15) is 0 Å². The summed E-state index contributed by atoms with van der Waals surface area (Å²) in [5, 5.41) is 8.79. The lowest BCUT2D eigenvalue weighted by molar-refractivity contribution is 1.19. The van der Waals surface area contributed by atoms with Crippen molar-refractivity contribution in [2.24, 2.45) is 0 Å². The van der Waals surface area contributed by atoms with Crippen LogP contribution in [0, 0.1) is 16.0 Å². The zero-order valence-electron chi connectivity index (χ0n) is 8.78. The highest BCUT2D eigenvalue weighted by molar-refractivity contribution is 7.71. The van der Waals surface area contributed by atoms with Crippen molar-refractivity contribution in [2.75, 3.05) is 0 Å². The van der Waals surface area contributed by atoms with E-state index >= 15 is 0 Å². The minimum Gasteiger partial charge on any atom is -0.344 e. The lowest BCUT2D eigenvalue weighted by Gasteiger charge is -1.98. The molecular formula is C12H10N2S2. The van der Waals surface area contributed by atoms with E-state index in [-0.39, 0.29) is 0 Å². The first-order valence-electron chi connectivity index (χ1n) is 4.97. The Balaban J connectivity index is 2.46. The molecule has 0 bridgehead atoms. The van der Waals surface area contributed by atoms with Crippen molar-refractivity contribution in [3.63, 3.8) is 0 Å². The third-order valence-corrected chi connectivity index (χ3v) is 3.89. The van der Waals surface area contributed by atoms with Gasteiger partial charge in [-0.3, -0.25) is 0 Å². The van der Waals surface area contributed by atoms with Crippen molar-refractivity contribution in [2.45, 2.75) is 13.3 Å². The maximum Gasteiger partial charge on any atom is 0.121 e. The number of pyridine rings is 1. The van der Waals surface area contributed by atoms with Crippen molar-refractivity contribution in [1.82, 2.24) is 4.98 Å². The summed E-state index contributed by atoms with van der Waals surface area (Å²) in [6, 6.07) is 9.92. The summed E-state index contributed by atoms with van der Waals surface area (Å²) in [5.41, 5.74) is 1.50. The topological polar surface area (TPSA) is 39.6 Å². The Morgan fingerprint density at radius 3 is 2.75 bits per heavy atom. The zero-order chi connectivity index (χ0) is 11.5. The predicted octanol–water partition coefficient (Wildman–Crippen LogP) is 3.91. The van der Waals surface area contributed by atoms with Gasteiger partial charge in [-0.25, -0.2) is 0 Å². The first-order valence-corrected chi connectivity index (χ1v) is 6.19. The number of hydrogen-bond acceptors (Lipinski definition) is 3. The van der Waals surface area contributed by atoms with Crippen molar-refractivity contribution in [3.05, 3.63) is 39.3 Å². The highest BCUT2D eigenvalue weighted by atomic mass is 32.1. The molecule has 0 aliphatic heterocycles. The van der Waals surface area contributed by atoms with Crippen LogP contribution in [0.4, 0.5) is 0 Å². The summed E-state index contributed by atoms with van der Waals surface area (Å²) >= 11 is 6.85. The van der Waals surface area contributed by atoms with Crippen LogP contribution >= 0.6 is 23.6 Å². The SMILES string of the molecule is CCc1ccc(-c2ccc(C#N)c(=S)[nH]2)s1. The second kappa shape index (κ2) is 4.60. The lowest BCUT2D eigenvalue weighted by atomic mass is 10.2. The molecule has 0 unspecified atom stereocenters. The Morgan fingerprint density at radius 2 is 2.19 bits per heavy atom. The quantitative estimate of drug-likeness (QED) is 0.816. The summed E-state index contributed by atoms with van der Waals surface area (Å²) in [6.45, 7) is 2.14. The minimum atomic E-state index is 0.506. The van der Waals surface area contributed by atoms with Crippen molar-refractivity contribution in [3.8, 4) is 16.6 Å². The Hall–Kier alpha value is -1.44. The van der Waals surface area contributed by atoms with Gasteiger partial charge in [-0.1, -0.05) is 19.1 Å². The van der Waals surface area contributed by atoms with Crippen LogP contribution in [0.25, 0.3) is 10.6 Å². The van der Waals surface area contributed by atoms with Gasteiger partial charge in [-0.05, 0) is 30.7 Å². The molecule has 0 amide bonds. The van der Waals surface area contributed by atoms with Crippen LogP contribution in [0.1, 0.15) is 17.4 Å². The number of nitriles is 1. The number of aryl methyl sites for hydroxylation is 1. The van der Waals surface area contributed by atoms with Crippen LogP contribution < -0.4 is 0 Å². The Labute approximate surface area is 103 Å². The highest BCUT2D eigenvalue weighted by Crippen LogP contribution is 2.27. The number of thiophene rings is 1. The Kier molecular flexibility index (Phi) is 3.18. The van der Waals surface area contributed by atoms with Crippen LogP contribution in [-0.4, -0.2) is 4.98 Å². The fraction of sp³-hybridized carbons (Fsp3) is 0.167. The average Bonchev–Trinajstić information content (AvgIpc) is 2.77. The largest absolute Gasteiger partial charge is 0.344 e. The van der Waals surface area contributed by atoms with Gasteiger partial charge in [0.2, 0.25) is 0 Å². The number of H-pyrrole nitrogens is 1. The number of nitrogens with one attached hydrogen (secondary N) is 1. The molecule has 0 aromatic carbocycles. The highest BCUT2D eigenvalue weighted by Gasteiger charge is 2.03. The van der Waals surface area contributed by atoms with Gasteiger partial charge in [0.1, 0.15) is 10.7 Å². The number of aromatic amines is 1. The van der Waals surface area contributed by atoms with E-state index < -0.39 is 0 Å². The standard InChI is InChI=1S/C12H10N2S2/c1-2-9-4-6-11(16-9)10-5-3-8(7-13)12(15)14-10/h3-6H,2H2,1H3,(H,14,15). The van der Waals surface area contributed by atoms with Gasteiger partial charge in [0, 0.05) is 4.88 Å². The van der Waals surface area contributed by atoms with Crippen LogP contribution in [0.3, 0.4) is 0 Å². The summed E-state index contributed by atoms with van der Waals surface area (Å²) in [7, 11) is 0. The molecule has 0 radical (unpaired) electrons. The molecule has 0 fully saturated rings. The number of aromatic nitrogens is 1. The first kappa shape index (κ1) is 11.1. The molecule has 2 aromatic rings. The maximum absolute atomic E-state index is 8.79. The molecule has 16 heavy (non-hydrogen) atoms. The molecule has 0 saturated heterocycles. The molecule has 0 aliphatic carbocycles. The first-order chi connectivity index (χ1) is 7.74. The summed E-state index contributed by atoms with van der Waals surface area (Å²) in [4.78, 5) is 5.59. The maximum atomic E-state index is 8.79. The Morgan fingerprint density at radius 1 is 1.38 bits per heavy atom. The normalized spacial score (nSPS) is 10.0. The van der Waals surface area contributed by atoms with E-state index in [0.717, 1.165) is 17.0 Å². The molecule has 0 saturated carbocycles. The fourth-order valence-corrected chi connectivity index (χ4v) is 2.57. The molecule has 2 heterocycles. The van der Waals surface area contributed by atoms with Gasteiger partial charge >= 0.3 is 0 Å². The fourth-order valence-electron chi connectivity index (χ4n) is 1.42. The molecule has 2 aromatic heterocycles. The third kappa shape index (κ3) is 2.06. The van der Waals surface area contributed by atoms with Crippen molar-refractivity contribution in [1.29, 1.82) is 5.26 Å². The van der Waals surface area contributed by atoms with Gasteiger partial charge in [0.05, 0.1) is 16.1 Å². The van der Waals surface area contributed by atoms with Crippen molar-refractivity contribution < 1.29 is 0 Å². The van der Waals surface area contributed by atoms with E-state index in [4.69, 9.17) is 17.5 Å². The molecule has 4 heteroatoms. The van der Waals surface area contributed by atoms with E-state index in [1.54, 1.807) is 17.4 Å². The third-order valence-electron chi connectivity index (χ3n) is 2.31. The monoisotopic (exact) mass is 246 g/mol. The number of rotatable bonds is 2. The van der Waals surface area contributed by atoms with Crippen LogP contribution in [0.15, 0.2) is 24.3 Å². The van der Waals surface area contributed by atoms with Crippen LogP contribution in [0.2, 0.25) is 0 Å². The zero-order valence-corrected chi connectivity index (χ0v) is 10.4. The second-order valence-corrected chi connectivity index (χ2v) is 4.92. The van der Waals surface area contributed by atoms with Gasteiger partial charge < -0.3 is 4.98 Å². The van der Waals surface area contributed by atoms with Crippen molar-refractivity contribution >= 4 is 23.6 Å². The van der Waals surface area contributed by atoms with Crippen LogP contribution in [0.5, 0.6) is 0 Å². The van der Waals surface area contributed by atoms with E-state index in [0.29, 0.717) is 10.2 Å². The summed E-state index contributed by atoms with van der Waals surface area (Å²) < 4.78 is 0.506. The predicted molar refractivity (Wildman–Crippen MR) is 69.0 cm³/mol. The van der Waals surface area contributed by atoms with Gasteiger partial charge in [-0.2, -0.15) is 5.26 Å². The van der Waals surface area contributed by atoms with Gasteiger partial charge in [0.15, 0.2) is 0 Å². The molecule has 0 spiro atoms. The lowest BCUT2D eigenvalue weighted by Crippen LogP contribution is -1.84. The smallest absolute Gasteiger partial charge is 0.121 e. The van der Waals surface area contributed by atoms with E-state index in [1.807, 2.05) is 6.07 Å². The summed E-state index contributed by atoms with van der Waals surface area (Å²) in [5.74, 6) is 0. The molecule has 80 valence electrons. The Bertz CT molecular complexity index is 602. The molecule has 2 rings (SSSR count). The minimum absolute atomic E-state index is 0.506. The summed E-state index contributed by atoms with van der Waals surface area (Å²) in [6.07, 6.45) is 1.04. The molecule has 2 nitrogen and oxygen atoms in total. The molecule has 1 N–H and O–H groups in total. The number of hydrogen-bond donors (Lipinski definition) is 1. The van der Waals surface area contributed by atoms with E-state index in [1.165, 1.54) is 4.88 Å². The molecule has 0 aliphatic rings. The second-order valence-electron chi connectivity index (χ2n) is 3.35. The van der Waals surface area contributed by atoms with Gasteiger partial charge in [0.25, 0.3) is 0 Å². The van der Waals surface area contributed by atoms with Gasteiger partial charge in [-0.15, -0.1) is 11.3 Å².